The van der Waals surface area contributed by atoms with Crippen molar-refractivity contribution in [2.24, 2.45) is 0 Å². The van der Waals surface area contributed by atoms with Crippen LogP contribution >= 0.6 is 0 Å². The minimum atomic E-state index is -0.154. The first-order valence-electron chi connectivity index (χ1n) is 10.7. The third-order valence-electron chi connectivity index (χ3n) is 5.56. The van der Waals surface area contributed by atoms with E-state index in [2.05, 4.69) is 25.9 Å². The van der Waals surface area contributed by atoms with Crippen LogP contribution in [0.4, 0.5) is 0 Å². The molecule has 0 saturated carbocycles. The van der Waals surface area contributed by atoms with Gasteiger partial charge in [0.15, 0.2) is 0 Å². The zero-order valence-electron chi connectivity index (χ0n) is 17.5. The zero-order valence-corrected chi connectivity index (χ0v) is 17.5. The van der Waals surface area contributed by atoms with E-state index in [1.54, 1.807) is 6.20 Å². The molecule has 0 aromatic carbocycles. The number of ether oxygens (including phenoxy) is 2. The lowest BCUT2D eigenvalue weighted by molar-refractivity contribution is -0.138. The van der Waals surface area contributed by atoms with Gasteiger partial charge in [-0.3, -0.25) is 19.5 Å². The van der Waals surface area contributed by atoms with E-state index >= 15 is 0 Å². The Kier molecular flexibility index (Phi) is 7.03. The second-order valence-corrected chi connectivity index (χ2v) is 7.68. The van der Waals surface area contributed by atoms with E-state index in [-0.39, 0.29) is 43.9 Å². The van der Waals surface area contributed by atoms with Gasteiger partial charge in [-0.25, -0.2) is 9.97 Å². The van der Waals surface area contributed by atoms with Crippen LogP contribution in [-0.2, 0) is 16.0 Å². The number of hydrogen-bond donors (Lipinski definition) is 0. The van der Waals surface area contributed by atoms with Crippen molar-refractivity contribution in [1.29, 1.82) is 0 Å². The summed E-state index contributed by atoms with van der Waals surface area (Å²) in [5.41, 5.74) is 1.11. The molecule has 164 valence electrons. The Bertz CT molecular complexity index is 870. The smallest absolute Gasteiger partial charge is 0.278 e. The fourth-order valence-electron chi connectivity index (χ4n) is 3.83. The summed E-state index contributed by atoms with van der Waals surface area (Å²) >= 11 is 0. The molecule has 2 aromatic heterocycles. The predicted molar refractivity (Wildman–Crippen MR) is 112 cm³/mol. The van der Waals surface area contributed by atoms with Crippen LogP contribution in [0.1, 0.15) is 31.4 Å². The number of hydrogen-bond acceptors (Lipinski definition) is 8. The highest BCUT2D eigenvalue weighted by molar-refractivity contribution is 6.01. The standard InChI is InChI=1S/C22H27N5O4/c28-19-4-5-20(29)27(19)15-16-30-21-22(25-11-10-24-21)31-18-7-13-26(14-8-18)12-6-17-3-1-2-9-23-17/h1-3,9-11,18H,4-8,12-16H2. The molecule has 9 nitrogen and oxygen atoms in total. The maximum absolute atomic E-state index is 11.7. The molecule has 0 bridgehead atoms. The maximum Gasteiger partial charge on any atom is 0.278 e. The molecular formula is C22H27N5O4. The van der Waals surface area contributed by atoms with Crippen LogP contribution in [0.25, 0.3) is 0 Å². The summed E-state index contributed by atoms with van der Waals surface area (Å²) in [7, 11) is 0. The highest BCUT2D eigenvalue weighted by atomic mass is 16.5. The molecule has 0 atom stereocenters. The number of amides is 2. The van der Waals surface area contributed by atoms with Gasteiger partial charge in [-0.1, -0.05) is 6.07 Å². The topological polar surface area (TPSA) is 97.8 Å². The van der Waals surface area contributed by atoms with Crippen molar-refractivity contribution < 1.29 is 19.1 Å². The summed E-state index contributed by atoms with van der Waals surface area (Å²) in [5.74, 6) is 0.339. The van der Waals surface area contributed by atoms with Crippen LogP contribution < -0.4 is 9.47 Å². The summed E-state index contributed by atoms with van der Waals surface area (Å²) in [4.78, 5) is 39.9. The lowest BCUT2D eigenvalue weighted by Gasteiger charge is -2.31. The van der Waals surface area contributed by atoms with Crippen molar-refractivity contribution in [3.8, 4) is 11.8 Å². The Morgan fingerprint density at radius 2 is 1.65 bits per heavy atom. The molecule has 4 rings (SSSR count). The Morgan fingerprint density at radius 3 is 2.35 bits per heavy atom. The van der Waals surface area contributed by atoms with Gasteiger partial charge < -0.3 is 14.4 Å². The van der Waals surface area contributed by atoms with Crippen molar-refractivity contribution >= 4 is 11.8 Å². The summed E-state index contributed by atoms with van der Waals surface area (Å²) in [6.45, 7) is 3.26. The first kappa shape index (κ1) is 21.2. The van der Waals surface area contributed by atoms with Gasteiger partial charge in [-0.05, 0) is 25.0 Å². The first-order chi connectivity index (χ1) is 15.2. The summed E-state index contributed by atoms with van der Waals surface area (Å²) in [6, 6.07) is 6.01. The van der Waals surface area contributed by atoms with Gasteiger partial charge in [-0.2, -0.15) is 0 Å². The maximum atomic E-state index is 11.7. The Labute approximate surface area is 181 Å². The summed E-state index contributed by atoms with van der Waals surface area (Å²) in [6.07, 6.45) is 8.27. The van der Waals surface area contributed by atoms with Crippen LogP contribution in [0.15, 0.2) is 36.8 Å². The molecule has 2 fully saturated rings. The number of carbonyl (C=O) groups is 2. The number of carbonyl (C=O) groups excluding carboxylic acids is 2. The molecule has 0 spiro atoms. The average Bonchev–Trinajstić information content (AvgIpc) is 3.12. The number of likely N-dealkylation sites (tertiary alicyclic amines) is 2. The van der Waals surface area contributed by atoms with E-state index in [4.69, 9.17) is 9.47 Å². The Morgan fingerprint density at radius 1 is 0.903 bits per heavy atom. The highest BCUT2D eigenvalue weighted by Crippen LogP contribution is 2.25. The Hall–Kier alpha value is -3.07. The quantitative estimate of drug-likeness (QED) is 0.558. The molecular weight excluding hydrogens is 398 g/mol. The lowest BCUT2D eigenvalue weighted by Crippen LogP contribution is -2.39. The van der Waals surface area contributed by atoms with Gasteiger partial charge in [0.05, 0.1) is 6.54 Å². The number of pyridine rings is 1. The average molecular weight is 425 g/mol. The van der Waals surface area contributed by atoms with E-state index < -0.39 is 0 Å². The van der Waals surface area contributed by atoms with Crippen molar-refractivity contribution in [1.82, 2.24) is 24.8 Å². The summed E-state index contributed by atoms with van der Waals surface area (Å²) in [5, 5.41) is 0. The molecule has 2 amide bonds. The molecule has 2 aromatic rings. The van der Waals surface area contributed by atoms with Gasteiger partial charge in [-0.15, -0.1) is 0 Å². The Balaban J connectivity index is 1.23. The lowest BCUT2D eigenvalue weighted by atomic mass is 10.1. The van der Waals surface area contributed by atoms with E-state index in [9.17, 15) is 9.59 Å². The minimum Gasteiger partial charge on any atom is -0.472 e. The number of rotatable bonds is 9. The van der Waals surface area contributed by atoms with Crippen molar-refractivity contribution in [3.05, 3.63) is 42.5 Å². The van der Waals surface area contributed by atoms with Crippen LogP contribution in [0.2, 0.25) is 0 Å². The van der Waals surface area contributed by atoms with Gasteiger partial charge in [0.1, 0.15) is 12.7 Å². The van der Waals surface area contributed by atoms with Gasteiger partial charge >= 0.3 is 0 Å². The minimum absolute atomic E-state index is 0.0480. The van der Waals surface area contributed by atoms with Crippen LogP contribution in [0.5, 0.6) is 11.8 Å². The third-order valence-corrected chi connectivity index (χ3v) is 5.56. The number of nitrogens with zero attached hydrogens (tertiary/aromatic N) is 5. The van der Waals surface area contributed by atoms with Crippen molar-refractivity contribution in [2.75, 3.05) is 32.8 Å². The molecule has 0 aliphatic carbocycles. The molecule has 2 saturated heterocycles. The number of piperidine rings is 1. The molecule has 2 aliphatic rings. The van der Waals surface area contributed by atoms with E-state index in [1.165, 1.54) is 11.1 Å². The second kappa shape index (κ2) is 10.3. The second-order valence-electron chi connectivity index (χ2n) is 7.68. The molecule has 2 aliphatic heterocycles. The number of aromatic nitrogens is 3. The zero-order chi connectivity index (χ0) is 21.5. The van der Waals surface area contributed by atoms with Crippen molar-refractivity contribution in [3.63, 3.8) is 0 Å². The van der Waals surface area contributed by atoms with E-state index in [0.29, 0.717) is 11.8 Å². The number of imide groups is 1. The van der Waals surface area contributed by atoms with Crippen LogP contribution in [0, 0.1) is 0 Å². The molecule has 0 N–H and O–H groups in total. The fourth-order valence-corrected chi connectivity index (χ4v) is 3.83. The van der Waals surface area contributed by atoms with Crippen LogP contribution in [0.3, 0.4) is 0 Å². The monoisotopic (exact) mass is 425 g/mol. The van der Waals surface area contributed by atoms with Gasteiger partial charge in [0.2, 0.25) is 11.8 Å². The summed E-state index contributed by atoms with van der Waals surface area (Å²) < 4.78 is 11.8. The van der Waals surface area contributed by atoms with E-state index in [0.717, 1.165) is 44.6 Å². The van der Waals surface area contributed by atoms with Crippen LogP contribution in [-0.4, -0.2) is 75.5 Å². The molecule has 0 unspecified atom stereocenters. The molecule has 9 heteroatoms. The highest BCUT2D eigenvalue weighted by Gasteiger charge is 2.28. The molecule has 0 radical (unpaired) electrons. The largest absolute Gasteiger partial charge is 0.472 e. The fraction of sp³-hybridized carbons (Fsp3) is 0.500. The SMILES string of the molecule is O=C1CCC(=O)N1CCOc1nccnc1OC1CCN(CCc2ccccn2)CC1. The molecule has 4 heterocycles. The predicted octanol–water partition coefficient (Wildman–Crippen LogP) is 1.49. The third kappa shape index (κ3) is 5.75. The van der Waals surface area contributed by atoms with Gasteiger partial charge in [0, 0.05) is 63.2 Å². The van der Waals surface area contributed by atoms with Gasteiger partial charge in [0.25, 0.3) is 11.8 Å². The van der Waals surface area contributed by atoms with E-state index in [1.807, 2.05) is 18.3 Å². The first-order valence-corrected chi connectivity index (χ1v) is 10.7. The normalized spacial score (nSPS) is 17.9. The molecule has 31 heavy (non-hydrogen) atoms. The van der Waals surface area contributed by atoms with Crippen molar-refractivity contribution in [2.45, 2.75) is 38.2 Å².